The van der Waals surface area contributed by atoms with Gasteiger partial charge in [-0.25, -0.2) is 4.39 Å². The summed E-state index contributed by atoms with van der Waals surface area (Å²) < 4.78 is 13.4. The highest BCUT2D eigenvalue weighted by atomic mass is 35.5. The van der Waals surface area contributed by atoms with Gasteiger partial charge in [0.15, 0.2) is 5.78 Å². The van der Waals surface area contributed by atoms with Crippen LogP contribution in [0.1, 0.15) is 15.9 Å². The number of carbonyl (C=O) groups is 1. The van der Waals surface area contributed by atoms with Crippen LogP contribution in [0.25, 0.3) is 0 Å². The highest BCUT2D eigenvalue weighted by molar-refractivity contribution is 6.30. The fourth-order valence-electron chi connectivity index (χ4n) is 1.47. The Labute approximate surface area is 102 Å². The molecule has 0 aliphatic rings. The molecule has 6 heteroatoms. The maximum Gasteiger partial charge on any atom is 0.172 e. The van der Waals surface area contributed by atoms with Gasteiger partial charge in [-0.1, -0.05) is 11.6 Å². The Bertz CT molecular complexity index is 568. The first kappa shape index (κ1) is 11.6. The van der Waals surface area contributed by atoms with Gasteiger partial charge in [0.25, 0.3) is 0 Å². The first-order valence-corrected chi connectivity index (χ1v) is 5.21. The Balaban J connectivity index is 2.24. The number of hydrogen-bond acceptors (Lipinski definition) is 3. The highest BCUT2D eigenvalue weighted by Crippen LogP contribution is 2.18. The zero-order chi connectivity index (χ0) is 12.4. The molecule has 2 rings (SSSR count). The van der Waals surface area contributed by atoms with Crippen LogP contribution in [0.15, 0.2) is 24.4 Å². The molecule has 0 aliphatic heterocycles. The number of aromatic nitrogens is 2. The molecule has 2 aromatic rings. The number of nitrogens with zero attached hydrogens (tertiary/aromatic N) is 1. The van der Waals surface area contributed by atoms with Crippen molar-refractivity contribution in [3.8, 4) is 0 Å². The van der Waals surface area contributed by atoms with Crippen molar-refractivity contribution in [3.05, 3.63) is 46.4 Å². The average Bonchev–Trinajstić information content (AvgIpc) is 2.70. The van der Waals surface area contributed by atoms with E-state index >= 15 is 0 Å². The molecule has 0 amide bonds. The minimum atomic E-state index is -0.468. The normalized spacial score (nSPS) is 10.5. The van der Waals surface area contributed by atoms with Crippen LogP contribution in [0.2, 0.25) is 5.02 Å². The van der Waals surface area contributed by atoms with Crippen LogP contribution >= 0.6 is 11.6 Å². The standard InChI is InChI=1S/C11H9ClFN3O/c12-7-1-2-9(13)6(3-7)4-10(17)8-5-15-16-11(8)14/h1-3,5H,4H2,(H3,14,15,16). The smallest absolute Gasteiger partial charge is 0.172 e. The molecule has 0 radical (unpaired) electrons. The summed E-state index contributed by atoms with van der Waals surface area (Å²) in [6.07, 6.45) is 1.22. The van der Waals surface area contributed by atoms with Gasteiger partial charge in [0, 0.05) is 11.4 Å². The van der Waals surface area contributed by atoms with E-state index in [0.717, 1.165) is 0 Å². The van der Waals surface area contributed by atoms with E-state index in [2.05, 4.69) is 10.2 Å². The van der Waals surface area contributed by atoms with E-state index in [1.807, 2.05) is 0 Å². The summed E-state index contributed by atoms with van der Waals surface area (Å²) in [5.74, 6) is -0.598. The zero-order valence-electron chi connectivity index (χ0n) is 8.71. The number of ketones is 1. The number of halogens is 2. The first-order chi connectivity index (χ1) is 8.08. The Morgan fingerprint density at radius 1 is 1.53 bits per heavy atom. The predicted molar refractivity (Wildman–Crippen MR) is 62.4 cm³/mol. The number of nitrogens with two attached hydrogens (primary N) is 1. The third kappa shape index (κ3) is 2.45. The number of nitrogen functional groups attached to an aromatic ring is 1. The molecule has 4 nitrogen and oxygen atoms in total. The van der Waals surface area contributed by atoms with Crippen molar-refractivity contribution in [3.63, 3.8) is 0 Å². The first-order valence-electron chi connectivity index (χ1n) is 4.84. The molecule has 0 fully saturated rings. The predicted octanol–water partition coefficient (Wildman–Crippen LogP) is 2.21. The van der Waals surface area contributed by atoms with Gasteiger partial charge in [-0.05, 0) is 23.8 Å². The topological polar surface area (TPSA) is 71.8 Å². The second-order valence-electron chi connectivity index (χ2n) is 3.53. The van der Waals surface area contributed by atoms with Crippen molar-refractivity contribution in [1.82, 2.24) is 10.2 Å². The minimum Gasteiger partial charge on any atom is -0.383 e. The Morgan fingerprint density at radius 2 is 2.29 bits per heavy atom. The molecule has 1 heterocycles. The van der Waals surface area contributed by atoms with E-state index in [9.17, 15) is 9.18 Å². The van der Waals surface area contributed by atoms with Gasteiger partial charge in [-0.3, -0.25) is 9.89 Å². The molecule has 0 spiro atoms. The van der Waals surface area contributed by atoms with Crippen molar-refractivity contribution >= 4 is 23.2 Å². The lowest BCUT2D eigenvalue weighted by atomic mass is 10.0. The van der Waals surface area contributed by atoms with Crippen molar-refractivity contribution in [1.29, 1.82) is 0 Å². The van der Waals surface area contributed by atoms with Crippen LogP contribution in [0.3, 0.4) is 0 Å². The maximum absolute atomic E-state index is 13.4. The molecule has 0 unspecified atom stereocenters. The Morgan fingerprint density at radius 3 is 2.94 bits per heavy atom. The largest absolute Gasteiger partial charge is 0.383 e. The summed E-state index contributed by atoms with van der Waals surface area (Å²) in [5, 5.41) is 6.47. The van der Waals surface area contributed by atoms with E-state index < -0.39 is 5.82 Å². The second kappa shape index (κ2) is 4.55. The number of aromatic amines is 1. The van der Waals surface area contributed by atoms with Gasteiger partial charge in [0.1, 0.15) is 11.6 Å². The fraction of sp³-hybridized carbons (Fsp3) is 0.0909. The quantitative estimate of drug-likeness (QED) is 0.824. The summed E-state index contributed by atoms with van der Waals surface area (Å²) in [6, 6.07) is 4.08. The van der Waals surface area contributed by atoms with Crippen molar-refractivity contribution in [2.45, 2.75) is 6.42 Å². The molecule has 1 aromatic heterocycles. The van der Waals surface area contributed by atoms with Crippen LogP contribution < -0.4 is 5.73 Å². The van der Waals surface area contributed by atoms with Crippen LogP contribution in [-0.2, 0) is 6.42 Å². The molecule has 0 saturated heterocycles. The maximum atomic E-state index is 13.4. The van der Waals surface area contributed by atoms with Gasteiger partial charge >= 0.3 is 0 Å². The number of benzene rings is 1. The van der Waals surface area contributed by atoms with Crippen molar-refractivity contribution in [2.24, 2.45) is 0 Å². The average molecular weight is 254 g/mol. The molecular formula is C11H9ClFN3O. The van der Waals surface area contributed by atoms with Crippen LogP contribution in [0.4, 0.5) is 10.2 Å². The molecule has 3 N–H and O–H groups in total. The minimum absolute atomic E-state index is 0.101. The zero-order valence-corrected chi connectivity index (χ0v) is 9.46. The fourth-order valence-corrected chi connectivity index (χ4v) is 1.66. The number of nitrogens with one attached hydrogen (secondary N) is 1. The third-order valence-electron chi connectivity index (χ3n) is 2.33. The van der Waals surface area contributed by atoms with Crippen LogP contribution in [0.5, 0.6) is 0 Å². The summed E-state index contributed by atoms with van der Waals surface area (Å²) >= 11 is 5.74. The van der Waals surface area contributed by atoms with Crippen LogP contribution in [-0.4, -0.2) is 16.0 Å². The second-order valence-corrected chi connectivity index (χ2v) is 3.97. The Kier molecular flexibility index (Phi) is 3.10. The highest BCUT2D eigenvalue weighted by Gasteiger charge is 2.14. The van der Waals surface area contributed by atoms with E-state index in [-0.39, 0.29) is 29.1 Å². The van der Waals surface area contributed by atoms with Gasteiger partial charge in [0.05, 0.1) is 11.8 Å². The monoisotopic (exact) mass is 253 g/mol. The number of carbonyl (C=O) groups excluding carboxylic acids is 1. The molecule has 0 saturated carbocycles. The Hall–Kier alpha value is -1.88. The van der Waals surface area contributed by atoms with E-state index in [1.54, 1.807) is 0 Å². The third-order valence-corrected chi connectivity index (χ3v) is 2.56. The van der Waals surface area contributed by atoms with Gasteiger partial charge in [-0.2, -0.15) is 5.10 Å². The molecule has 0 aliphatic carbocycles. The molecule has 1 aromatic carbocycles. The lowest BCUT2D eigenvalue weighted by molar-refractivity contribution is 0.0992. The number of H-pyrrole nitrogens is 1. The summed E-state index contributed by atoms with van der Waals surface area (Å²) in [6.45, 7) is 0. The summed E-state index contributed by atoms with van der Waals surface area (Å²) in [4.78, 5) is 11.8. The summed E-state index contributed by atoms with van der Waals surface area (Å²) in [5.41, 5.74) is 6.00. The molecule has 17 heavy (non-hydrogen) atoms. The van der Waals surface area contributed by atoms with Crippen molar-refractivity contribution in [2.75, 3.05) is 5.73 Å². The lowest BCUT2D eigenvalue weighted by Gasteiger charge is -2.02. The summed E-state index contributed by atoms with van der Waals surface area (Å²) in [7, 11) is 0. The van der Waals surface area contributed by atoms with Crippen molar-refractivity contribution < 1.29 is 9.18 Å². The van der Waals surface area contributed by atoms with E-state index in [0.29, 0.717) is 5.02 Å². The lowest BCUT2D eigenvalue weighted by Crippen LogP contribution is -2.06. The molecule has 88 valence electrons. The van der Waals surface area contributed by atoms with Gasteiger partial charge < -0.3 is 5.73 Å². The number of anilines is 1. The molecule has 0 bridgehead atoms. The number of Topliss-reactive ketones (excluding diaryl/α,β-unsaturated/α-hetero) is 1. The van der Waals surface area contributed by atoms with Gasteiger partial charge in [0.2, 0.25) is 0 Å². The van der Waals surface area contributed by atoms with Gasteiger partial charge in [-0.15, -0.1) is 0 Å². The van der Waals surface area contributed by atoms with E-state index in [4.69, 9.17) is 17.3 Å². The van der Waals surface area contributed by atoms with Crippen LogP contribution in [0, 0.1) is 5.82 Å². The molecule has 0 atom stereocenters. The molecular weight excluding hydrogens is 245 g/mol. The SMILES string of the molecule is Nc1[nH]ncc1C(=O)Cc1cc(Cl)ccc1F. The number of hydrogen-bond donors (Lipinski definition) is 2. The number of rotatable bonds is 3. The van der Waals surface area contributed by atoms with E-state index in [1.165, 1.54) is 24.4 Å².